The summed E-state index contributed by atoms with van der Waals surface area (Å²) in [6.07, 6.45) is 0.288. The van der Waals surface area contributed by atoms with Crippen molar-refractivity contribution in [3.05, 3.63) is 51.8 Å². The molecule has 0 saturated carbocycles. The van der Waals surface area contributed by atoms with Gasteiger partial charge in [0.05, 0.1) is 6.42 Å². The Morgan fingerprint density at radius 2 is 1.90 bits per heavy atom. The maximum absolute atomic E-state index is 12.0. The monoisotopic (exact) mass is 289 g/mol. The highest BCUT2D eigenvalue weighted by molar-refractivity contribution is 6.29. The van der Waals surface area contributed by atoms with Crippen molar-refractivity contribution in [1.29, 1.82) is 0 Å². The number of halogens is 1. The number of hydrogen-bond donors (Lipinski definition) is 1. The van der Waals surface area contributed by atoms with Gasteiger partial charge in [-0.3, -0.25) is 10.1 Å². The molecule has 4 nitrogen and oxygen atoms in total. The van der Waals surface area contributed by atoms with E-state index in [4.69, 9.17) is 11.6 Å². The molecule has 1 aromatic carbocycles. The lowest BCUT2D eigenvalue weighted by Gasteiger charge is -2.07. The topological polar surface area (TPSA) is 54.9 Å². The van der Waals surface area contributed by atoms with Crippen molar-refractivity contribution >= 4 is 23.5 Å². The van der Waals surface area contributed by atoms with Crippen molar-refractivity contribution < 1.29 is 4.79 Å². The fourth-order valence-electron chi connectivity index (χ4n) is 1.85. The number of nitrogens with zero attached hydrogens (tertiary/aromatic N) is 2. The number of aryl methyl sites for hydroxylation is 3. The van der Waals surface area contributed by atoms with Crippen LogP contribution in [-0.4, -0.2) is 15.9 Å². The van der Waals surface area contributed by atoms with E-state index in [0.717, 1.165) is 5.56 Å². The Bertz CT molecular complexity index is 635. The van der Waals surface area contributed by atoms with E-state index in [9.17, 15) is 4.79 Å². The molecule has 1 amide bonds. The van der Waals surface area contributed by atoms with Crippen LogP contribution in [0.1, 0.15) is 22.4 Å². The zero-order valence-corrected chi connectivity index (χ0v) is 12.5. The van der Waals surface area contributed by atoms with Crippen molar-refractivity contribution in [3.63, 3.8) is 0 Å². The summed E-state index contributed by atoms with van der Waals surface area (Å²) in [7, 11) is 0. The number of nitrogens with one attached hydrogen (secondary N) is 1. The summed E-state index contributed by atoms with van der Waals surface area (Å²) in [6.45, 7) is 5.87. The molecule has 1 N–H and O–H groups in total. The first-order chi connectivity index (χ1) is 9.44. The quantitative estimate of drug-likeness (QED) is 0.883. The second-order valence-corrected chi connectivity index (χ2v) is 5.19. The van der Waals surface area contributed by atoms with Crippen LogP contribution in [0, 0.1) is 20.8 Å². The van der Waals surface area contributed by atoms with Crippen LogP contribution in [0.15, 0.2) is 24.3 Å². The fraction of sp³-hybridized carbons (Fsp3) is 0.267. The summed E-state index contributed by atoms with van der Waals surface area (Å²) >= 11 is 5.83. The summed E-state index contributed by atoms with van der Waals surface area (Å²) in [5.41, 5.74) is 4.06. The van der Waals surface area contributed by atoms with Crippen LogP contribution in [0.3, 0.4) is 0 Å². The highest BCUT2D eigenvalue weighted by atomic mass is 35.5. The number of carbonyl (C=O) groups is 1. The summed E-state index contributed by atoms with van der Waals surface area (Å²) in [5, 5.41) is 2.98. The molecule has 0 bridgehead atoms. The summed E-state index contributed by atoms with van der Waals surface area (Å²) in [6, 6.07) is 7.61. The van der Waals surface area contributed by atoms with E-state index in [2.05, 4.69) is 15.3 Å². The third-order valence-electron chi connectivity index (χ3n) is 3.01. The normalized spacial score (nSPS) is 10.4. The van der Waals surface area contributed by atoms with Gasteiger partial charge in [-0.1, -0.05) is 29.8 Å². The van der Waals surface area contributed by atoms with E-state index in [1.54, 1.807) is 13.0 Å². The highest BCUT2D eigenvalue weighted by Crippen LogP contribution is 2.12. The van der Waals surface area contributed by atoms with Crippen LogP contribution in [0.5, 0.6) is 0 Å². The minimum Gasteiger partial charge on any atom is -0.294 e. The van der Waals surface area contributed by atoms with Crippen LogP contribution < -0.4 is 5.32 Å². The summed E-state index contributed by atoms with van der Waals surface area (Å²) < 4.78 is 0. The Morgan fingerprint density at radius 3 is 2.55 bits per heavy atom. The molecule has 0 fully saturated rings. The number of rotatable bonds is 3. The van der Waals surface area contributed by atoms with Gasteiger partial charge in [-0.2, -0.15) is 0 Å². The predicted molar refractivity (Wildman–Crippen MR) is 80.0 cm³/mol. The molecule has 5 heteroatoms. The molecule has 0 unspecified atom stereocenters. The average Bonchev–Trinajstić information content (AvgIpc) is 2.32. The number of anilines is 1. The van der Waals surface area contributed by atoms with E-state index >= 15 is 0 Å². The molecule has 0 aliphatic carbocycles. The Morgan fingerprint density at radius 1 is 1.15 bits per heavy atom. The molecule has 0 aliphatic rings. The van der Waals surface area contributed by atoms with E-state index in [0.29, 0.717) is 10.8 Å². The lowest BCUT2D eigenvalue weighted by molar-refractivity contribution is -0.115. The SMILES string of the molecule is Cc1cc(Cl)nc(NC(=O)Cc2ccc(C)c(C)c2)n1. The maximum atomic E-state index is 12.0. The van der Waals surface area contributed by atoms with Gasteiger partial charge in [0, 0.05) is 5.69 Å². The average molecular weight is 290 g/mol. The fourth-order valence-corrected chi connectivity index (χ4v) is 2.09. The molecule has 104 valence electrons. The van der Waals surface area contributed by atoms with Gasteiger partial charge >= 0.3 is 0 Å². The van der Waals surface area contributed by atoms with Gasteiger partial charge in [-0.05, 0) is 43.5 Å². The van der Waals surface area contributed by atoms with Gasteiger partial charge in [-0.15, -0.1) is 0 Å². The Hall–Kier alpha value is -1.94. The minimum atomic E-state index is -0.157. The lowest BCUT2D eigenvalue weighted by Crippen LogP contribution is -2.16. The number of aromatic nitrogens is 2. The second kappa shape index (κ2) is 6.01. The molecule has 2 aromatic rings. The summed E-state index contributed by atoms with van der Waals surface area (Å²) in [4.78, 5) is 20.1. The summed E-state index contributed by atoms with van der Waals surface area (Å²) in [5.74, 6) is 0.0822. The lowest BCUT2D eigenvalue weighted by atomic mass is 10.0. The van der Waals surface area contributed by atoms with Gasteiger partial charge < -0.3 is 0 Å². The van der Waals surface area contributed by atoms with Gasteiger partial charge in [-0.25, -0.2) is 9.97 Å². The van der Waals surface area contributed by atoms with Gasteiger partial charge in [0.25, 0.3) is 0 Å². The van der Waals surface area contributed by atoms with Crippen LogP contribution >= 0.6 is 11.6 Å². The maximum Gasteiger partial charge on any atom is 0.231 e. The number of hydrogen-bond acceptors (Lipinski definition) is 3. The number of carbonyl (C=O) groups excluding carboxylic acids is 1. The third-order valence-corrected chi connectivity index (χ3v) is 3.20. The molecule has 1 aromatic heterocycles. The Kier molecular flexibility index (Phi) is 4.35. The van der Waals surface area contributed by atoms with Crippen molar-refractivity contribution in [2.45, 2.75) is 27.2 Å². The molecule has 0 radical (unpaired) electrons. The third kappa shape index (κ3) is 3.78. The predicted octanol–water partition coefficient (Wildman–Crippen LogP) is 3.24. The molecule has 0 spiro atoms. The molecule has 2 rings (SSSR count). The van der Waals surface area contributed by atoms with Crippen LogP contribution in [0.25, 0.3) is 0 Å². The first-order valence-corrected chi connectivity index (χ1v) is 6.69. The van der Waals surface area contributed by atoms with Crippen LogP contribution in [-0.2, 0) is 11.2 Å². The smallest absolute Gasteiger partial charge is 0.231 e. The molecular formula is C15H16ClN3O. The number of benzene rings is 1. The van der Waals surface area contributed by atoms with E-state index in [1.165, 1.54) is 11.1 Å². The molecular weight excluding hydrogens is 274 g/mol. The Labute approximate surface area is 123 Å². The number of amides is 1. The van der Waals surface area contributed by atoms with Crippen molar-refractivity contribution in [2.24, 2.45) is 0 Å². The molecule has 0 atom stereocenters. The second-order valence-electron chi connectivity index (χ2n) is 4.80. The van der Waals surface area contributed by atoms with Crippen molar-refractivity contribution in [1.82, 2.24) is 9.97 Å². The van der Waals surface area contributed by atoms with Crippen molar-refractivity contribution in [3.8, 4) is 0 Å². The van der Waals surface area contributed by atoms with E-state index < -0.39 is 0 Å². The van der Waals surface area contributed by atoms with Gasteiger partial charge in [0.2, 0.25) is 11.9 Å². The molecule has 0 aliphatic heterocycles. The van der Waals surface area contributed by atoms with E-state index in [-0.39, 0.29) is 18.3 Å². The van der Waals surface area contributed by atoms with Crippen LogP contribution in [0.2, 0.25) is 5.15 Å². The van der Waals surface area contributed by atoms with Crippen LogP contribution in [0.4, 0.5) is 5.95 Å². The highest BCUT2D eigenvalue weighted by Gasteiger charge is 2.08. The largest absolute Gasteiger partial charge is 0.294 e. The van der Waals surface area contributed by atoms with E-state index in [1.807, 2.05) is 32.0 Å². The Balaban J connectivity index is 2.06. The van der Waals surface area contributed by atoms with Crippen molar-refractivity contribution in [2.75, 3.05) is 5.32 Å². The first-order valence-electron chi connectivity index (χ1n) is 6.31. The molecule has 0 saturated heterocycles. The first kappa shape index (κ1) is 14.5. The van der Waals surface area contributed by atoms with Gasteiger partial charge in [0.15, 0.2) is 0 Å². The minimum absolute atomic E-state index is 0.157. The van der Waals surface area contributed by atoms with Gasteiger partial charge in [0.1, 0.15) is 5.15 Å². The zero-order valence-electron chi connectivity index (χ0n) is 11.7. The zero-order chi connectivity index (χ0) is 14.7. The standard InChI is InChI=1S/C15H16ClN3O/c1-9-4-5-12(6-10(9)2)8-14(20)19-15-17-11(3)7-13(16)18-15/h4-7H,8H2,1-3H3,(H,17,18,19,20). The molecule has 1 heterocycles. The molecule has 20 heavy (non-hydrogen) atoms.